The minimum atomic E-state index is -0.883. The maximum atomic E-state index is 13.2. The summed E-state index contributed by atoms with van der Waals surface area (Å²) in [5, 5.41) is 19.4. The number of aromatic hydroxyl groups is 1. The number of phenolic OH excluding ortho intramolecular Hbond substituents is 1. The number of aliphatic carboxylic acids is 1. The molecule has 3 aliphatic carbocycles. The molecule has 0 spiro atoms. The molecule has 4 rings (SSSR count). The number of amides is 1. The molecule has 0 unspecified atom stereocenters. The normalized spacial score (nSPS) is 27.3. The number of ketones is 1. The molecule has 0 radical (unpaired) electrons. The number of hydrogen-bond acceptors (Lipinski definition) is 4. The maximum absolute atomic E-state index is 13.2. The molecule has 2 N–H and O–H groups in total. The quantitative estimate of drug-likeness (QED) is 0.162. The van der Waals surface area contributed by atoms with E-state index in [0.29, 0.717) is 35.8 Å². The summed E-state index contributed by atoms with van der Waals surface area (Å²) in [5.74, 6) is 2.06. The molecule has 0 aliphatic heterocycles. The lowest BCUT2D eigenvalue weighted by atomic mass is 9.51. The van der Waals surface area contributed by atoms with Crippen molar-refractivity contribution in [3.05, 3.63) is 29.3 Å². The highest BCUT2D eigenvalue weighted by Gasteiger charge is 2.58. The molecule has 2 fully saturated rings. The van der Waals surface area contributed by atoms with Gasteiger partial charge in [-0.2, -0.15) is 0 Å². The number of nitrogens with zero attached hydrogens (tertiary/aromatic N) is 1. The number of carboxylic acids is 1. The topological polar surface area (TPSA) is 94.9 Å². The lowest BCUT2D eigenvalue weighted by Crippen LogP contribution is -2.47. The van der Waals surface area contributed by atoms with E-state index in [1.165, 1.54) is 56.1 Å². The van der Waals surface area contributed by atoms with Crippen LogP contribution < -0.4 is 0 Å². The van der Waals surface area contributed by atoms with Gasteiger partial charge in [0.2, 0.25) is 5.91 Å². The highest BCUT2D eigenvalue weighted by atomic mass is 16.4. The van der Waals surface area contributed by atoms with Crippen LogP contribution >= 0.6 is 0 Å². The number of carbonyl (C=O) groups excluding carboxylic acids is 2. The number of rotatable bonds is 18. The van der Waals surface area contributed by atoms with Gasteiger partial charge in [-0.1, -0.05) is 71.3 Å². The van der Waals surface area contributed by atoms with E-state index in [0.717, 1.165) is 64.3 Å². The predicted molar refractivity (Wildman–Crippen MR) is 176 cm³/mol. The third-order valence-electron chi connectivity index (χ3n) is 11.8. The van der Waals surface area contributed by atoms with Gasteiger partial charge >= 0.3 is 5.97 Å². The SMILES string of the molecule is CCCCN(C)C(=O)CCCCCCCCCC[C@@H]1Cc2cc(O)ccc2[C@H]2CC[C@]3(C)[C@@H](C(=O)CCC(=O)O)CC[C@H]3[C@H]12. The molecular weight excluding hydrogens is 550 g/mol. The van der Waals surface area contributed by atoms with E-state index < -0.39 is 5.97 Å². The van der Waals surface area contributed by atoms with E-state index in [1.807, 2.05) is 24.1 Å². The highest BCUT2D eigenvalue weighted by Crippen LogP contribution is 2.65. The molecule has 0 saturated heterocycles. The molecule has 44 heavy (non-hydrogen) atoms. The molecule has 246 valence electrons. The molecule has 6 atom stereocenters. The standard InChI is InChI=1S/C38H59NO5/c1-4-5-24-39(3)35(42)15-13-11-9-7-6-8-10-12-14-27-25-28-26-29(40)16-17-30(28)31-22-23-38(2)32(18-19-33(38)37(27)31)34(41)20-21-36(43)44/h16-17,26-27,31-33,37,40H,4-15,18-25H2,1-3H3,(H,43,44)/t27-,31-,32-,33+,37-,38-/m1/s1. The minimum Gasteiger partial charge on any atom is -0.508 e. The number of Topliss-reactive ketones (excluding diaryl/α,β-unsaturated/α-hetero) is 1. The summed E-state index contributed by atoms with van der Waals surface area (Å²) in [6.45, 7) is 5.38. The summed E-state index contributed by atoms with van der Waals surface area (Å²) in [5.41, 5.74) is 2.71. The number of carbonyl (C=O) groups is 3. The Bertz CT molecular complexity index is 1120. The van der Waals surface area contributed by atoms with Crippen LogP contribution in [0.2, 0.25) is 0 Å². The van der Waals surface area contributed by atoms with Crippen molar-refractivity contribution in [3.8, 4) is 5.75 Å². The van der Waals surface area contributed by atoms with Crippen molar-refractivity contribution in [2.75, 3.05) is 13.6 Å². The first kappa shape index (κ1) is 34.5. The molecule has 1 aromatic carbocycles. The van der Waals surface area contributed by atoms with E-state index in [1.54, 1.807) is 0 Å². The van der Waals surface area contributed by atoms with Gasteiger partial charge in [-0.25, -0.2) is 0 Å². The Kier molecular flexibility index (Phi) is 12.8. The highest BCUT2D eigenvalue weighted by molar-refractivity contribution is 5.85. The van der Waals surface area contributed by atoms with Crippen LogP contribution in [0, 0.1) is 29.1 Å². The summed E-state index contributed by atoms with van der Waals surface area (Å²) in [7, 11) is 1.93. The van der Waals surface area contributed by atoms with Crippen molar-refractivity contribution in [2.24, 2.45) is 29.1 Å². The van der Waals surface area contributed by atoms with Gasteiger partial charge < -0.3 is 15.1 Å². The number of unbranched alkanes of at least 4 members (excludes halogenated alkanes) is 8. The fourth-order valence-electron chi connectivity index (χ4n) is 9.45. The number of carboxylic acid groups (broad SMARTS) is 1. The lowest BCUT2D eigenvalue weighted by molar-refractivity contribution is -0.140. The Hall–Kier alpha value is -2.37. The first-order chi connectivity index (χ1) is 21.2. The van der Waals surface area contributed by atoms with Gasteiger partial charge in [-0.15, -0.1) is 0 Å². The number of hydrogen-bond donors (Lipinski definition) is 2. The van der Waals surface area contributed by atoms with Crippen LogP contribution in [0.15, 0.2) is 18.2 Å². The molecule has 0 aromatic heterocycles. The number of benzene rings is 1. The smallest absolute Gasteiger partial charge is 0.303 e. The van der Waals surface area contributed by atoms with Crippen LogP contribution in [-0.4, -0.2) is 46.4 Å². The Labute approximate surface area is 266 Å². The Morgan fingerprint density at radius 2 is 1.61 bits per heavy atom. The zero-order valence-corrected chi connectivity index (χ0v) is 27.8. The molecule has 1 aromatic rings. The van der Waals surface area contributed by atoms with E-state index in [2.05, 4.69) is 19.9 Å². The van der Waals surface area contributed by atoms with E-state index in [4.69, 9.17) is 5.11 Å². The molecule has 6 nitrogen and oxygen atoms in total. The summed E-state index contributed by atoms with van der Waals surface area (Å²) in [4.78, 5) is 38.5. The predicted octanol–water partition coefficient (Wildman–Crippen LogP) is 8.68. The fraction of sp³-hybridized carbons (Fsp3) is 0.763. The Morgan fingerprint density at radius 3 is 2.32 bits per heavy atom. The van der Waals surface area contributed by atoms with Crippen molar-refractivity contribution in [2.45, 2.75) is 142 Å². The largest absolute Gasteiger partial charge is 0.508 e. The third kappa shape index (κ3) is 8.46. The monoisotopic (exact) mass is 609 g/mol. The Balaban J connectivity index is 1.26. The van der Waals surface area contributed by atoms with Crippen LogP contribution in [0.1, 0.15) is 146 Å². The van der Waals surface area contributed by atoms with Crippen LogP contribution in [0.3, 0.4) is 0 Å². The maximum Gasteiger partial charge on any atom is 0.303 e. The second-order valence-electron chi connectivity index (χ2n) is 14.7. The van der Waals surface area contributed by atoms with Crippen LogP contribution in [0.5, 0.6) is 5.75 Å². The van der Waals surface area contributed by atoms with Gasteiger partial charge in [0.05, 0.1) is 6.42 Å². The zero-order chi connectivity index (χ0) is 31.7. The van der Waals surface area contributed by atoms with Crippen molar-refractivity contribution in [1.82, 2.24) is 4.90 Å². The van der Waals surface area contributed by atoms with Gasteiger partial charge in [-0.05, 0) is 104 Å². The molecule has 3 aliphatic rings. The van der Waals surface area contributed by atoms with Gasteiger partial charge in [-0.3, -0.25) is 14.4 Å². The van der Waals surface area contributed by atoms with Crippen LogP contribution in [-0.2, 0) is 20.8 Å². The van der Waals surface area contributed by atoms with Crippen LogP contribution in [0.4, 0.5) is 0 Å². The Morgan fingerprint density at radius 1 is 0.909 bits per heavy atom. The molecule has 6 heteroatoms. The second-order valence-corrected chi connectivity index (χ2v) is 14.7. The van der Waals surface area contributed by atoms with E-state index in [-0.39, 0.29) is 35.9 Å². The number of fused-ring (bicyclic) bond motifs is 5. The fourth-order valence-corrected chi connectivity index (χ4v) is 9.45. The van der Waals surface area contributed by atoms with E-state index >= 15 is 0 Å². The summed E-state index contributed by atoms with van der Waals surface area (Å²) in [6.07, 6.45) is 18.9. The zero-order valence-electron chi connectivity index (χ0n) is 27.8. The second kappa shape index (κ2) is 16.3. The van der Waals surface area contributed by atoms with Crippen molar-refractivity contribution < 1.29 is 24.6 Å². The van der Waals surface area contributed by atoms with E-state index in [9.17, 15) is 19.5 Å². The van der Waals surface area contributed by atoms with Gasteiger partial charge in [0.15, 0.2) is 0 Å². The number of phenols is 1. The van der Waals surface area contributed by atoms with Gasteiger partial charge in [0, 0.05) is 32.4 Å². The minimum absolute atomic E-state index is 0.00486. The van der Waals surface area contributed by atoms with Crippen molar-refractivity contribution in [3.63, 3.8) is 0 Å². The molecule has 1 amide bonds. The summed E-state index contributed by atoms with van der Waals surface area (Å²) < 4.78 is 0. The van der Waals surface area contributed by atoms with Gasteiger partial charge in [0.1, 0.15) is 11.5 Å². The lowest BCUT2D eigenvalue weighted by Gasteiger charge is -2.53. The third-order valence-corrected chi connectivity index (χ3v) is 11.8. The average molecular weight is 610 g/mol. The molecule has 0 bridgehead atoms. The summed E-state index contributed by atoms with van der Waals surface area (Å²) in [6, 6.07) is 6.00. The summed E-state index contributed by atoms with van der Waals surface area (Å²) >= 11 is 0. The first-order valence-electron chi connectivity index (χ1n) is 18.0. The molecular formula is C38H59NO5. The average Bonchev–Trinajstić information content (AvgIpc) is 3.36. The van der Waals surface area contributed by atoms with Crippen molar-refractivity contribution in [1.29, 1.82) is 0 Å². The molecule has 2 saturated carbocycles. The molecule has 0 heterocycles. The first-order valence-corrected chi connectivity index (χ1v) is 18.0. The van der Waals surface area contributed by atoms with Gasteiger partial charge in [0.25, 0.3) is 0 Å². The van der Waals surface area contributed by atoms with Crippen molar-refractivity contribution >= 4 is 17.7 Å². The van der Waals surface area contributed by atoms with Crippen LogP contribution in [0.25, 0.3) is 0 Å².